The van der Waals surface area contributed by atoms with Gasteiger partial charge in [-0.15, -0.1) is 13.2 Å². The van der Waals surface area contributed by atoms with E-state index in [1.165, 1.54) is 31.2 Å². The van der Waals surface area contributed by atoms with Gasteiger partial charge in [0.15, 0.2) is 0 Å². The van der Waals surface area contributed by atoms with Crippen LogP contribution in [0.4, 0.5) is 13.2 Å². The Morgan fingerprint density at radius 2 is 1.74 bits per heavy atom. The van der Waals surface area contributed by atoms with E-state index in [4.69, 9.17) is 4.74 Å². The maximum Gasteiger partial charge on any atom is 0.573 e. The highest BCUT2D eigenvalue weighted by atomic mass is 19.4. The molecular weight excluding hydrogens is 311 g/mol. The molecule has 1 amide bonds. The van der Waals surface area contributed by atoms with E-state index < -0.39 is 12.4 Å². The molecule has 0 aromatic heterocycles. The van der Waals surface area contributed by atoms with Crippen molar-refractivity contribution in [1.82, 2.24) is 5.32 Å². The van der Waals surface area contributed by atoms with E-state index in [-0.39, 0.29) is 24.4 Å². The molecule has 0 radical (unpaired) electrons. The van der Waals surface area contributed by atoms with Crippen molar-refractivity contribution in [1.29, 1.82) is 0 Å². The summed E-state index contributed by atoms with van der Waals surface area (Å²) in [6, 6.07) is 4.98. The molecule has 0 saturated carbocycles. The summed E-state index contributed by atoms with van der Waals surface area (Å²) in [6.45, 7) is 5.65. The molecule has 1 unspecified atom stereocenters. The summed E-state index contributed by atoms with van der Waals surface area (Å²) in [6.07, 6.45) is -2.94. The van der Waals surface area contributed by atoms with Crippen LogP contribution in [0.5, 0.6) is 5.75 Å². The highest BCUT2D eigenvalue weighted by Gasteiger charge is 2.31. The number of amides is 1. The first kappa shape index (κ1) is 19.3. The number of rotatable bonds is 8. The van der Waals surface area contributed by atoms with Crippen LogP contribution in [-0.2, 0) is 9.53 Å². The first-order valence-corrected chi connectivity index (χ1v) is 7.49. The predicted octanol–water partition coefficient (Wildman–Crippen LogP) is 3.97. The van der Waals surface area contributed by atoms with Crippen LogP contribution in [-0.4, -0.2) is 25.0 Å². The van der Waals surface area contributed by atoms with Crippen molar-refractivity contribution < 1.29 is 27.4 Å². The molecule has 0 bridgehead atoms. The number of carbonyl (C=O) groups excluding carboxylic acids is 1. The molecule has 0 spiro atoms. The van der Waals surface area contributed by atoms with Gasteiger partial charge in [-0.05, 0) is 30.5 Å². The minimum atomic E-state index is -4.73. The van der Waals surface area contributed by atoms with Crippen LogP contribution in [0.15, 0.2) is 24.3 Å². The van der Waals surface area contributed by atoms with Crippen molar-refractivity contribution in [2.24, 2.45) is 0 Å². The number of hydrogen-bond donors (Lipinski definition) is 1. The molecule has 1 N–H and O–H groups in total. The Labute approximate surface area is 134 Å². The second-order valence-corrected chi connectivity index (χ2v) is 5.14. The van der Waals surface area contributed by atoms with Gasteiger partial charge in [-0.2, -0.15) is 0 Å². The van der Waals surface area contributed by atoms with Crippen LogP contribution in [0.2, 0.25) is 0 Å². The number of ether oxygens (including phenoxy) is 2. The minimum absolute atomic E-state index is 0.0825. The van der Waals surface area contributed by atoms with E-state index in [9.17, 15) is 18.0 Å². The molecule has 4 nitrogen and oxygen atoms in total. The largest absolute Gasteiger partial charge is 0.573 e. The van der Waals surface area contributed by atoms with Gasteiger partial charge in [-0.25, -0.2) is 0 Å². The van der Waals surface area contributed by atoms with Crippen LogP contribution in [0, 0.1) is 0 Å². The van der Waals surface area contributed by atoms with Gasteiger partial charge < -0.3 is 14.8 Å². The average Bonchev–Trinajstić information content (AvgIpc) is 2.46. The fraction of sp³-hybridized carbons (Fsp3) is 0.562. The lowest BCUT2D eigenvalue weighted by Gasteiger charge is -2.22. The molecule has 0 heterocycles. The Balaban J connectivity index is 2.79. The molecule has 0 saturated heterocycles. The molecule has 0 aliphatic heterocycles. The Kier molecular flexibility index (Phi) is 7.35. The molecule has 23 heavy (non-hydrogen) atoms. The molecule has 130 valence electrons. The SMILES string of the molecule is CCC(CC)OCC(NC(C)=O)c1ccc(OC(F)(F)F)cc1. The van der Waals surface area contributed by atoms with Crippen molar-refractivity contribution >= 4 is 5.91 Å². The fourth-order valence-electron chi connectivity index (χ4n) is 2.13. The number of alkyl halides is 3. The summed E-state index contributed by atoms with van der Waals surface area (Å²) in [7, 11) is 0. The van der Waals surface area contributed by atoms with Gasteiger partial charge in [-0.1, -0.05) is 26.0 Å². The van der Waals surface area contributed by atoms with Gasteiger partial charge in [0.25, 0.3) is 0 Å². The van der Waals surface area contributed by atoms with E-state index in [1.54, 1.807) is 0 Å². The zero-order chi connectivity index (χ0) is 17.5. The molecule has 1 aromatic rings. The highest BCUT2D eigenvalue weighted by molar-refractivity contribution is 5.73. The number of hydrogen-bond acceptors (Lipinski definition) is 3. The molecule has 0 fully saturated rings. The smallest absolute Gasteiger partial charge is 0.406 e. The maximum atomic E-state index is 12.2. The zero-order valence-electron chi connectivity index (χ0n) is 13.4. The Morgan fingerprint density at radius 3 is 2.17 bits per heavy atom. The molecule has 0 aliphatic rings. The molecular formula is C16H22F3NO3. The quantitative estimate of drug-likeness (QED) is 0.783. The normalized spacial score (nSPS) is 13.0. The summed E-state index contributed by atoms with van der Waals surface area (Å²) < 4.78 is 46.1. The Hall–Kier alpha value is -1.76. The first-order chi connectivity index (χ1) is 10.7. The second kappa shape index (κ2) is 8.76. The van der Waals surface area contributed by atoms with Crippen LogP contribution < -0.4 is 10.1 Å². The summed E-state index contributed by atoms with van der Waals surface area (Å²) in [5.41, 5.74) is 0.653. The van der Waals surface area contributed by atoms with Gasteiger partial charge in [0, 0.05) is 6.92 Å². The predicted molar refractivity (Wildman–Crippen MR) is 80.0 cm³/mol. The lowest BCUT2D eigenvalue weighted by Crippen LogP contribution is -2.31. The summed E-state index contributed by atoms with van der Waals surface area (Å²) in [4.78, 5) is 11.3. The maximum absolute atomic E-state index is 12.2. The van der Waals surface area contributed by atoms with E-state index >= 15 is 0 Å². The third kappa shape index (κ3) is 7.36. The molecule has 0 aliphatic carbocycles. The van der Waals surface area contributed by atoms with Crippen LogP contribution in [0.3, 0.4) is 0 Å². The number of nitrogens with one attached hydrogen (secondary N) is 1. The molecule has 1 rings (SSSR count). The van der Waals surface area contributed by atoms with Gasteiger partial charge >= 0.3 is 6.36 Å². The molecule has 1 aromatic carbocycles. The topological polar surface area (TPSA) is 47.6 Å². The van der Waals surface area contributed by atoms with Crippen molar-refractivity contribution in [3.63, 3.8) is 0 Å². The van der Waals surface area contributed by atoms with Gasteiger partial charge in [0.05, 0.1) is 18.8 Å². The molecule has 7 heteroatoms. The number of halogens is 3. The lowest BCUT2D eigenvalue weighted by atomic mass is 10.1. The van der Waals surface area contributed by atoms with Crippen molar-refractivity contribution in [3.8, 4) is 5.75 Å². The van der Waals surface area contributed by atoms with Gasteiger partial charge in [-0.3, -0.25) is 4.79 Å². The third-order valence-corrected chi connectivity index (χ3v) is 3.30. The van der Waals surface area contributed by atoms with E-state index in [0.717, 1.165) is 12.8 Å². The fourth-order valence-corrected chi connectivity index (χ4v) is 2.13. The average molecular weight is 333 g/mol. The van der Waals surface area contributed by atoms with E-state index in [1.807, 2.05) is 13.8 Å². The minimum Gasteiger partial charge on any atom is -0.406 e. The van der Waals surface area contributed by atoms with Gasteiger partial charge in [0.2, 0.25) is 5.91 Å². The van der Waals surface area contributed by atoms with Crippen LogP contribution >= 0.6 is 0 Å². The van der Waals surface area contributed by atoms with E-state index in [0.29, 0.717) is 5.56 Å². The van der Waals surface area contributed by atoms with Crippen molar-refractivity contribution in [3.05, 3.63) is 29.8 Å². The number of benzene rings is 1. The Morgan fingerprint density at radius 1 is 1.17 bits per heavy atom. The van der Waals surface area contributed by atoms with E-state index in [2.05, 4.69) is 10.1 Å². The first-order valence-electron chi connectivity index (χ1n) is 7.49. The third-order valence-electron chi connectivity index (χ3n) is 3.30. The van der Waals surface area contributed by atoms with Crippen LogP contribution in [0.25, 0.3) is 0 Å². The van der Waals surface area contributed by atoms with Crippen molar-refractivity contribution in [2.75, 3.05) is 6.61 Å². The highest BCUT2D eigenvalue weighted by Crippen LogP contribution is 2.25. The standard InChI is InChI=1S/C16H22F3NO3/c1-4-13(5-2)22-10-15(20-11(3)21)12-6-8-14(9-7-12)23-16(17,18)19/h6-9,13,15H,4-5,10H2,1-3H3,(H,20,21). The van der Waals surface area contributed by atoms with Gasteiger partial charge in [0.1, 0.15) is 5.75 Å². The van der Waals surface area contributed by atoms with Crippen LogP contribution in [0.1, 0.15) is 45.2 Å². The zero-order valence-corrected chi connectivity index (χ0v) is 13.4. The lowest BCUT2D eigenvalue weighted by molar-refractivity contribution is -0.274. The summed E-state index contributed by atoms with van der Waals surface area (Å²) >= 11 is 0. The van der Waals surface area contributed by atoms with Crippen molar-refractivity contribution in [2.45, 2.75) is 52.1 Å². The molecule has 1 atom stereocenters. The number of carbonyl (C=O) groups is 1. The second-order valence-electron chi connectivity index (χ2n) is 5.14. The monoisotopic (exact) mass is 333 g/mol. The Bertz CT molecular complexity index is 484. The summed E-state index contributed by atoms with van der Waals surface area (Å²) in [5, 5.41) is 2.74. The summed E-state index contributed by atoms with van der Waals surface area (Å²) in [5.74, 6) is -0.539.